The van der Waals surface area contributed by atoms with Crippen molar-refractivity contribution in [3.05, 3.63) is 54.6 Å². The first kappa shape index (κ1) is 17.2. The Bertz CT molecular complexity index is 782. The quantitative estimate of drug-likeness (QED) is 0.651. The van der Waals surface area contributed by atoms with Crippen molar-refractivity contribution in [2.45, 2.75) is 6.92 Å². The second-order valence-corrected chi connectivity index (χ2v) is 4.80. The average Bonchev–Trinajstić information content (AvgIpc) is 2.58. The van der Waals surface area contributed by atoms with Gasteiger partial charge in [-0.1, -0.05) is 30.3 Å². The van der Waals surface area contributed by atoms with E-state index in [1.54, 1.807) is 13.0 Å². The third kappa shape index (κ3) is 5.24. The zero-order valence-electron chi connectivity index (χ0n) is 13.2. The summed E-state index contributed by atoms with van der Waals surface area (Å²) >= 11 is 0. The summed E-state index contributed by atoms with van der Waals surface area (Å²) in [6.07, 6.45) is 1.87. The monoisotopic (exact) mass is 327 g/mol. The molecule has 0 aliphatic carbocycles. The lowest BCUT2D eigenvalue weighted by Gasteiger charge is -2.06. The van der Waals surface area contributed by atoms with Crippen LogP contribution in [-0.4, -0.2) is 31.1 Å². The molecule has 0 aliphatic heterocycles. The van der Waals surface area contributed by atoms with E-state index in [9.17, 15) is 14.4 Å². The van der Waals surface area contributed by atoms with Crippen LogP contribution in [0, 0.1) is 0 Å². The first-order valence-electron chi connectivity index (χ1n) is 7.38. The summed E-state index contributed by atoms with van der Waals surface area (Å²) in [6.45, 7) is 1.42. The molecule has 0 radical (unpaired) electrons. The second kappa shape index (κ2) is 8.47. The molecule has 0 unspecified atom stereocenters. The van der Waals surface area contributed by atoms with Crippen molar-refractivity contribution in [1.29, 1.82) is 0 Å². The molecule has 0 heterocycles. The highest BCUT2D eigenvalue weighted by molar-refractivity contribution is 5.97. The zero-order chi connectivity index (χ0) is 17.4. The molecule has 2 aromatic carbocycles. The average molecular weight is 327 g/mol. The maximum Gasteiger partial charge on any atom is 0.331 e. The van der Waals surface area contributed by atoms with Crippen LogP contribution in [0.4, 0.5) is 5.69 Å². The van der Waals surface area contributed by atoms with Crippen molar-refractivity contribution >= 4 is 34.3 Å². The third-order valence-corrected chi connectivity index (χ3v) is 3.02. The molecule has 0 saturated heterocycles. The summed E-state index contributed by atoms with van der Waals surface area (Å²) < 4.78 is 9.37. The Morgan fingerprint density at radius 2 is 1.62 bits per heavy atom. The molecule has 0 aliphatic rings. The normalized spacial score (nSPS) is 10.5. The highest BCUT2D eigenvalue weighted by Crippen LogP contribution is 2.18. The molecule has 24 heavy (non-hydrogen) atoms. The van der Waals surface area contributed by atoms with Gasteiger partial charge in [0.2, 0.25) is 0 Å². The van der Waals surface area contributed by atoms with Crippen LogP contribution >= 0.6 is 0 Å². The van der Waals surface area contributed by atoms with Gasteiger partial charge >= 0.3 is 11.9 Å². The van der Waals surface area contributed by atoms with Gasteiger partial charge in [0.15, 0.2) is 6.61 Å². The molecule has 6 heteroatoms. The summed E-state index contributed by atoms with van der Waals surface area (Å²) in [5.41, 5.74) is 0.608. The van der Waals surface area contributed by atoms with Gasteiger partial charge in [-0.2, -0.15) is 0 Å². The number of carbonyl (C=O) groups is 3. The molecule has 0 spiro atoms. The number of hydrogen-bond acceptors (Lipinski definition) is 5. The van der Waals surface area contributed by atoms with Crippen LogP contribution in [0.2, 0.25) is 0 Å². The number of benzene rings is 2. The Kier molecular flexibility index (Phi) is 6.08. The largest absolute Gasteiger partial charge is 0.463 e. The predicted molar refractivity (Wildman–Crippen MR) is 89.3 cm³/mol. The van der Waals surface area contributed by atoms with Crippen LogP contribution in [0.25, 0.3) is 10.8 Å². The molecule has 0 saturated carbocycles. The van der Waals surface area contributed by atoms with Crippen molar-refractivity contribution in [2.75, 3.05) is 18.5 Å². The van der Waals surface area contributed by atoms with Crippen molar-refractivity contribution in [1.82, 2.24) is 0 Å². The SMILES string of the molecule is CCOC(=O)/C=C/C(=O)OCC(=O)Nc1ccc2ccccc2c1. The van der Waals surface area contributed by atoms with E-state index in [-0.39, 0.29) is 6.61 Å². The summed E-state index contributed by atoms with van der Waals surface area (Å²) in [5, 5.41) is 4.69. The number of amides is 1. The number of fused-ring (bicyclic) bond motifs is 1. The minimum Gasteiger partial charge on any atom is -0.463 e. The maximum atomic E-state index is 11.8. The molecule has 0 fully saturated rings. The standard InChI is InChI=1S/C18H17NO5/c1-2-23-17(21)9-10-18(22)24-12-16(20)19-15-8-7-13-5-3-4-6-14(13)11-15/h3-11H,2,12H2,1H3,(H,19,20)/b10-9+. The Morgan fingerprint density at radius 1 is 0.958 bits per heavy atom. The minimum atomic E-state index is -0.795. The molecular weight excluding hydrogens is 310 g/mol. The Balaban J connectivity index is 1.84. The number of carbonyl (C=O) groups excluding carboxylic acids is 3. The first-order valence-corrected chi connectivity index (χ1v) is 7.38. The lowest BCUT2D eigenvalue weighted by atomic mass is 10.1. The van der Waals surface area contributed by atoms with E-state index in [1.807, 2.05) is 36.4 Å². The Hall–Kier alpha value is -3.15. The van der Waals surface area contributed by atoms with Gasteiger partial charge in [-0.05, 0) is 29.8 Å². The fourth-order valence-electron chi connectivity index (χ4n) is 1.98. The second-order valence-electron chi connectivity index (χ2n) is 4.80. The van der Waals surface area contributed by atoms with E-state index in [2.05, 4.69) is 10.1 Å². The molecule has 124 valence electrons. The lowest BCUT2D eigenvalue weighted by molar-refractivity contribution is -0.143. The highest BCUT2D eigenvalue weighted by Gasteiger charge is 2.07. The third-order valence-electron chi connectivity index (χ3n) is 3.02. The van der Waals surface area contributed by atoms with E-state index >= 15 is 0 Å². The number of nitrogens with one attached hydrogen (secondary N) is 1. The molecule has 0 bridgehead atoms. The number of rotatable bonds is 6. The first-order chi connectivity index (χ1) is 11.6. The predicted octanol–water partition coefficient (Wildman–Crippen LogP) is 2.44. The summed E-state index contributed by atoms with van der Waals surface area (Å²) in [6, 6.07) is 13.2. The van der Waals surface area contributed by atoms with Crippen LogP contribution in [0.5, 0.6) is 0 Å². The van der Waals surface area contributed by atoms with E-state index < -0.39 is 24.5 Å². The fourth-order valence-corrected chi connectivity index (χ4v) is 1.98. The van der Waals surface area contributed by atoms with Gasteiger partial charge in [0, 0.05) is 17.8 Å². The molecule has 1 amide bonds. The van der Waals surface area contributed by atoms with Gasteiger partial charge in [0.25, 0.3) is 5.91 Å². The van der Waals surface area contributed by atoms with Crippen LogP contribution in [0.1, 0.15) is 6.92 Å². The molecule has 2 aromatic rings. The summed E-state index contributed by atoms with van der Waals surface area (Å²) in [4.78, 5) is 34.2. The van der Waals surface area contributed by atoms with Gasteiger partial charge in [0.05, 0.1) is 6.61 Å². The number of anilines is 1. The molecule has 0 aromatic heterocycles. The van der Waals surface area contributed by atoms with Crippen molar-refractivity contribution in [3.63, 3.8) is 0 Å². The van der Waals surface area contributed by atoms with Gasteiger partial charge in [-0.3, -0.25) is 4.79 Å². The van der Waals surface area contributed by atoms with Gasteiger partial charge in [-0.15, -0.1) is 0 Å². The van der Waals surface area contributed by atoms with E-state index in [1.165, 1.54) is 0 Å². The van der Waals surface area contributed by atoms with E-state index in [0.717, 1.165) is 22.9 Å². The smallest absolute Gasteiger partial charge is 0.331 e. The fraction of sp³-hybridized carbons (Fsp3) is 0.167. The van der Waals surface area contributed by atoms with Crippen LogP contribution in [0.3, 0.4) is 0 Å². The van der Waals surface area contributed by atoms with Gasteiger partial charge in [-0.25, -0.2) is 9.59 Å². The Labute approximate surface area is 139 Å². The molecule has 1 N–H and O–H groups in total. The highest BCUT2D eigenvalue weighted by atomic mass is 16.5. The van der Waals surface area contributed by atoms with Gasteiger partial charge in [0.1, 0.15) is 0 Å². The van der Waals surface area contributed by atoms with Gasteiger partial charge < -0.3 is 14.8 Å². The number of ether oxygens (including phenoxy) is 2. The van der Waals surface area contributed by atoms with Crippen molar-refractivity contribution < 1.29 is 23.9 Å². The topological polar surface area (TPSA) is 81.7 Å². The summed E-state index contributed by atoms with van der Waals surface area (Å²) in [5.74, 6) is -1.91. The van der Waals surface area contributed by atoms with Crippen molar-refractivity contribution in [2.24, 2.45) is 0 Å². The lowest BCUT2D eigenvalue weighted by Crippen LogP contribution is -2.20. The molecule has 6 nitrogen and oxygen atoms in total. The summed E-state index contributed by atoms with van der Waals surface area (Å²) in [7, 11) is 0. The molecular formula is C18H17NO5. The van der Waals surface area contributed by atoms with E-state index in [4.69, 9.17) is 4.74 Å². The van der Waals surface area contributed by atoms with Crippen molar-refractivity contribution in [3.8, 4) is 0 Å². The minimum absolute atomic E-state index is 0.215. The molecule has 0 atom stereocenters. The Morgan fingerprint density at radius 3 is 2.33 bits per heavy atom. The van der Waals surface area contributed by atoms with Crippen LogP contribution in [0.15, 0.2) is 54.6 Å². The number of esters is 2. The zero-order valence-corrected chi connectivity index (χ0v) is 13.2. The number of hydrogen-bond donors (Lipinski definition) is 1. The molecule has 2 rings (SSSR count). The maximum absolute atomic E-state index is 11.8. The van der Waals surface area contributed by atoms with Crippen LogP contribution < -0.4 is 5.32 Å². The van der Waals surface area contributed by atoms with E-state index in [0.29, 0.717) is 5.69 Å². The van der Waals surface area contributed by atoms with Crippen LogP contribution in [-0.2, 0) is 23.9 Å².